The van der Waals surface area contributed by atoms with Crippen LogP contribution in [0.5, 0.6) is 5.75 Å². The van der Waals surface area contributed by atoms with Crippen molar-refractivity contribution in [3.8, 4) is 5.75 Å². The standard InChI is InChI=1S/C19H22ClNO2/c1-14-13-17(20)10-11-18(14)23-15(2)19(22)21-12-6-9-16-7-4-3-5-8-16/h3-5,7-8,10-11,13,15H,6,9,12H2,1-2H3,(H,21,22)/t15-/m0/s1. The first kappa shape index (κ1) is 17.4. The number of benzene rings is 2. The fraction of sp³-hybridized carbons (Fsp3) is 0.316. The molecule has 0 aliphatic heterocycles. The predicted octanol–water partition coefficient (Wildman–Crippen LogP) is 4.16. The number of rotatable bonds is 7. The molecule has 3 nitrogen and oxygen atoms in total. The first-order valence-electron chi connectivity index (χ1n) is 7.80. The minimum atomic E-state index is -0.536. The molecule has 0 aliphatic carbocycles. The Morgan fingerprint density at radius 1 is 1.22 bits per heavy atom. The van der Waals surface area contributed by atoms with E-state index in [1.165, 1.54) is 5.56 Å². The van der Waals surface area contributed by atoms with Gasteiger partial charge in [-0.15, -0.1) is 0 Å². The third-order valence-corrected chi connectivity index (χ3v) is 3.83. The molecule has 0 saturated heterocycles. The zero-order valence-electron chi connectivity index (χ0n) is 13.5. The van der Waals surface area contributed by atoms with Crippen molar-refractivity contribution >= 4 is 17.5 Å². The monoisotopic (exact) mass is 331 g/mol. The van der Waals surface area contributed by atoms with Crippen molar-refractivity contribution in [3.63, 3.8) is 0 Å². The highest BCUT2D eigenvalue weighted by Crippen LogP contribution is 2.22. The van der Waals surface area contributed by atoms with Crippen LogP contribution < -0.4 is 10.1 Å². The molecule has 0 radical (unpaired) electrons. The topological polar surface area (TPSA) is 38.3 Å². The smallest absolute Gasteiger partial charge is 0.260 e. The second-order valence-electron chi connectivity index (χ2n) is 5.55. The summed E-state index contributed by atoms with van der Waals surface area (Å²) in [6.45, 7) is 4.30. The van der Waals surface area contributed by atoms with Gasteiger partial charge in [-0.3, -0.25) is 4.79 Å². The minimum Gasteiger partial charge on any atom is -0.481 e. The highest BCUT2D eigenvalue weighted by Gasteiger charge is 2.15. The van der Waals surface area contributed by atoms with E-state index in [0.29, 0.717) is 17.3 Å². The maximum atomic E-state index is 12.1. The van der Waals surface area contributed by atoms with Gasteiger partial charge in [-0.05, 0) is 56.0 Å². The Labute approximate surface area is 142 Å². The number of amides is 1. The number of carbonyl (C=O) groups excluding carboxylic acids is 1. The summed E-state index contributed by atoms with van der Waals surface area (Å²) in [7, 11) is 0. The van der Waals surface area contributed by atoms with E-state index < -0.39 is 6.10 Å². The Kier molecular flexibility index (Phi) is 6.48. The van der Waals surface area contributed by atoms with Crippen LogP contribution in [0.3, 0.4) is 0 Å². The van der Waals surface area contributed by atoms with Gasteiger partial charge in [0.15, 0.2) is 6.10 Å². The van der Waals surface area contributed by atoms with E-state index in [9.17, 15) is 4.79 Å². The molecule has 0 heterocycles. The molecule has 1 amide bonds. The Balaban J connectivity index is 1.74. The molecule has 1 atom stereocenters. The van der Waals surface area contributed by atoms with Crippen LogP contribution in [0.1, 0.15) is 24.5 Å². The summed E-state index contributed by atoms with van der Waals surface area (Å²) < 4.78 is 5.71. The van der Waals surface area contributed by atoms with Gasteiger partial charge in [0, 0.05) is 11.6 Å². The molecule has 0 aromatic heterocycles. The van der Waals surface area contributed by atoms with Crippen LogP contribution in [0.2, 0.25) is 5.02 Å². The van der Waals surface area contributed by atoms with E-state index in [1.54, 1.807) is 19.1 Å². The van der Waals surface area contributed by atoms with Gasteiger partial charge in [0.05, 0.1) is 0 Å². The van der Waals surface area contributed by atoms with Gasteiger partial charge < -0.3 is 10.1 Å². The van der Waals surface area contributed by atoms with E-state index in [-0.39, 0.29) is 5.91 Å². The Morgan fingerprint density at radius 3 is 2.65 bits per heavy atom. The van der Waals surface area contributed by atoms with Gasteiger partial charge in [-0.2, -0.15) is 0 Å². The zero-order valence-corrected chi connectivity index (χ0v) is 14.3. The van der Waals surface area contributed by atoms with Gasteiger partial charge in [0.1, 0.15) is 5.75 Å². The van der Waals surface area contributed by atoms with Gasteiger partial charge >= 0.3 is 0 Å². The lowest BCUT2D eigenvalue weighted by Crippen LogP contribution is -2.37. The van der Waals surface area contributed by atoms with Crippen LogP contribution >= 0.6 is 11.6 Å². The fourth-order valence-electron chi connectivity index (χ4n) is 2.28. The van der Waals surface area contributed by atoms with Crippen molar-refractivity contribution < 1.29 is 9.53 Å². The first-order valence-corrected chi connectivity index (χ1v) is 8.18. The molecule has 0 unspecified atom stereocenters. The first-order chi connectivity index (χ1) is 11.1. The van der Waals surface area contributed by atoms with Gasteiger partial charge in [-0.25, -0.2) is 0 Å². The van der Waals surface area contributed by atoms with Crippen LogP contribution in [0.15, 0.2) is 48.5 Å². The van der Waals surface area contributed by atoms with Gasteiger partial charge in [0.2, 0.25) is 0 Å². The molecule has 2 aromatic carbocycles. The van der Waals surface area contributed by atoms with E-state index in [0.717, 1.165) is 18.4 Å². The van der Waals surface area contributed by atoms with Crippen molar-refractivity contribution in [1.29, 1.82) is 0 Å². The molecule has 1 N–H and O–H groups in total. The number of ether oxygens (including phenoxy) is 1. The van der Waals surface area contributed by atoms with Crippen LogP contribution in [-0.4, -0.2) is 18.6 Å². The molecule has 0 bridgehead atoms. The number of carbonyl (C=O) groups is 1. The molecule has 122 valence electrons. The molecule has 2 aromatic rings. The van der Waals surface area contributed by atoms with Crippen LogP contribution in [0.25, 0.3) is 0 Å². The molecule has 4 heteroatoms. The second-order valence-corrected chi connectivity index (χ2v) is 5.99. The summed E-state index contributed by atoms with van der Waals surface area (Å²) in [6.07, 6.45) is 1.32. The summed E-state index contributed by atoms with van der Waals surface area (Å²) in [5.74, 6) is 0.578. The van der Waals surface area contributed by atoms with E-state index in [2.05, 4.69) is 17.4 Å². The Bertz CT molecular complexity index is 643. The lowest BCUT2D eigenvalue weighted by molar-refractivity contribution is -0.127. The average Bonchev–Trinajstić information content (AvgIpc) is 2.55. The summed E-state index contributed by atoms with van der Waals surface area (Å²) >= 11 is 5.92. The minimum absolute atomic E-state index is 0.104. The highest BCUT2D eigenvalue weighted by atomic mass is 35.5. The third-order valence-electron chi connectivity index (χ3n) is 3.59. The largest absolute Gasteiger partial charge is 0.481 e. The summed E-state index contributed by atoms with van der Waals surface area (Å²) in [4.78, 5) is 12.1. The normalized spacial score (nSPS) is 11.8. The zero-order chi connectivity index (χ0) is 16.7. The lowest BCUT2D eigenvalue weighted by Gasteiger charge is -2.16. The fourth-order valence-corrected chi connectivity index (χ4v) is 2.51. The number of nitrogens with one attached hydrogen (secondary N) is 1. The lowest BCUT2D eigenvalue weighted by atomic mass is 10.1. The SMILES string of the molecule is Cc1cc(Cl)ccc1O[C@@H](C)C(=O)NCCCc1ccccc1. The third kappa shape index (κ3) is 5.61. The second kappa shape index (κ2) is 8.59. The van der Waals surface area contributed by atoms with E-state index in [4.69, 9.17) is 16.3 Å². The van der Waals surface area contributed by atoms with Gasteiger partial charge in [0.25, 0.3) is 5.91 Å². The summed E-state index contributed by atoms with van der Waals surface area (Å²) in [5.41, 5.74) is 2.20. The molecule has 23 heavy (non-hydrogen) atoms. The van der Waals surface area contributed by atoms with E-state index >= 15 is 0 Å². The average molecular weight is 332 g/mol. The quantitative estimate of drug-likeness (QED) is 0.773. The molecular formula is C19H22ClNO2. The molecule has 0 aliphatic rings. The van der Waals surface area contributed by atoms with Crippen molar-refractivity contribution in [2.75, 3.05) is 6.54 Å². The Morgan fingerprint density at radius 2 is 1.96 bits per heavy atom. The van der Waals surface area contributed by atoms with Gasteiger partial charge in [-0.1, -0.05) is 41.9 Å². The van der Waals surface area contributed by atoms with Crippen LogP contribution in [-0.2, 0) is 11.2 Å². The van der Waals surface area contributed by atoms with Crippen molar-refractivity contribution in [3.05, 3.63) is 64.7 Å². The summed E-state index contributed by atoms with van der Waals surface area (Å²) in [6, 6.07) is 15.6. The molecule has 2 rings (SSSR count). The molecule has 0 spiro atoms. The maximum Gasteiger partial charge on any atom is 0.260 e. The number of halogens is 1. The van der Waals surface area contributed by atoms with Crippen molar-refractivity contribution in [1.82, 2.24) is 5.32 Å². The molecular weight excluding hydrogens is 310 g/mol. The van der Waals surface area contributed by atoms with E-state index in [1.807, 2.05) is 31.2 Å². The summed E-state index contributed by atoms with van der Waals surface area (Å²) in [5, 5.41) is 3.57. The van der Waals surface area contributed by atoms with Crippen LogP contribution in [0, 0.1) is 6.92 Å². The number of aryl methyl sites for hydroxylation is 2. The van der Waals surface area contributed by atoms with Crippen molar-refractivity contribution in [2.24, 2.45) is 0 Å². The predicted molar refractivity (Wildman–Crippen MR) is 94.1 cm³/mol. The van der Waals surface area contributed by atoms with Crippen LogP contribution in [0.4, 0.5) is 0 Å². The Hall–Kier alpha value is -2.00. The number of hydrogen-bond donors (Lipinski definition) is 1. The highest BCUT2D eigenvalue weighted by molar-refractivity contribution is 6.30. The van der Waals surface area contributed by atoms with Crippen molar-refractivity contribution in [2.45, 2.75) is 32.8 Å². The maximum absolute atomic E-state index is 12.1. The molecule has 0 fully saturated rings. The number of hydrogen-bond acceptors (Lipinski definition) is 2. The molecule has 0 saturated carbocycles.